The number of ether oxygens (including phenoxy) is 1. The van der Waals surface area contributed by atoms with Gasteiger partial charge in [-0.3, -0.25) is 9.88 Å². The van der Waals surface area contributed by atoms with Gasteiger partial charge in [0.05, 0.1) is 18.8 Å². The molecule has 7 heteroatoms. The van der Waals surface area contributed by atoms with Gasteiger partial charge in [-0.1, -0.05) is 6.07 Å². The number of amides is 1. The summed E-state index contributed by atoms with van der Waals surface area (Å²) in [6, 6.07) is 3.49. The molecule has 0 bridgehead atoms. The number of pyridine rings is 1. The maximum atomic E-state index is 11.9. The summed E-state index contributed by atoms with van der Waals surface area (Å²) in [6.45, 7) is -1.14. The minimum Gasteiger partial charge on any atom is -0.440 e. The van der Waals surface area contributed by atoms with E-state index in [9.17, 15) is 18.0 Å². The molecule has 0 N–H and O–H groups in total. The predicted molar refractivity (Wildman–Crippen MR) is 50.9 cm³/mol. The summed E-state index contributed by atoms with van der Waals surface area (Å²) >= 11 is 0. The Labute approximate surface area is 95.0 Å². The number of halogens is 3. The van der Waals surface area contributed by atoms with E-state index in [1.54, 1.807) is 18.3 Å². The van der Waals surface area contributed by atoms with Gasteiger partial charge in [0.15, 0.2) is 6.61 Å². The van der Waals surface area contributed by atoms with E-state index in [1.807, 2.05) is 0 Å². The van der Waals surface area contributed by atoms with E-state index in [1.165, 1.54) is 4.90 Å². The molecule has 0 fully saturated rings. The van der Waals surface area contributed by atoms with Gasteiger partial charge in [-0.25, -0.2) is 4.79 Å². The number of fused-ring (bicyclic) bond motifs is 1. The van der Waals surface area contributed by atoms with E-state index in [-0.39, 0.29) is 13.1 Å². The Bertz CT molecular complexity index is 409. The normalized spacial score (nSPS) is 14.6. The third-order valence-corrected chi connectivity index (χ3v) is 2.30. The van der Waals surface area contributed by atoms with E-state index in [0.29, 0.717) is 5.69 Å². The van der Waals surface area contributed by atoms with E-state index in [2.05, 4.69) is 9.72 Å². The molecule has 1 aromatic heterocycles. The van der Waals surface area contributed by atoms with Crippen molar-refractivity contribution in [2.45, 2.75) is 19.3 Å². The van der Waals surface area contributed by atoms with Crippen LogP contribution in [0.3, 0.4) is 0 Å². The minimum atomic E-state index is -4.50. The van der Waals surface area contributed by atoms with Crippen molar-refractivity contribution >= 4 is 6.09 Å². The fourth-order valence-electron chi connectivity index (χ4n) is 1.56. The summed E-state index contributed by atoms with van der Waals surface area (Å²) in [5, 5.41) is 0. The van der Waals surface area contributed by atoms with E-state index < -0.39 is 18.9 Å². The number of rotatable bonds is 1. The quantitative estimate of drug-likeness (QED) is 0.762. The number of nitrogens with zero attached hydrogens (tertiary/aromatic N) is 2. The first-order valence-corrected chi connectivity index (χ1v) is 4.87. The third kappa shape index (κ3) is 2.86. The molecular weight excluding hydrogens is 237 g/mol. The highest BCUT2D eigenvalue weighted by Gasteiger charge is 2.32. The third-order valence-electron chi connectivity index (χ3n) is 2.30. The molecule has 0 saturated carbocycles. The molecule has 1 aromatic rings. The van der Waals surface area contributed by atoms with Crippen LogP contribution in [-0.2, 0) is 17.8 Å². The summed E-state index contributed by atoms with van der Waals surface area (Å²) in [5.74, 6) is 0. The SMILES string of the molecule is O=C(OCC(F)(F)F)N1Cc2cccnc2C1. The minimum absolute atomic E-state index is 0.187. The van der Waals surface area contributed by atoms with Crippen molar-refractivity contribution in [3.8, 4) is 0 Å². The van der Waals surface area contributed by atoms with Gasteiger partial charge in [0.2, 0.25) is 0 Å². The summed E-state index contributed by atoms with van der Waals surface area (Å²) in [5.41, 5.74) is 1.52. The number of hydrogen-bond donors (Lipinski definition) is 0. The van der Waals surface area contributed by atoms with Crippen LogP contribution in [0, 0.1) is 0 Å². The lowest BCUT2D eigenvalue weighted by atomic mass is 10.2. The zero-order valence-corrected chi connectivity index (χ0v) is 8.70. The smallest absolute Gasteiger partial charge is 0.422 e. The van der Waals surface area contributed by atoms with Gasteiger partial charge in [-0.15, -0.1) is 0 Å². The summed E-state index contributed by atoms with van der Waals surface area (Å²) < 4.78 is 39.7. The lowest BCUT2D eigenvalue weighted by molar-refractivity contribution is -0.162. The number of alkyl halides is 3. The van der Waals surface area contributed by atoms with Gasteiger partial charge in [0, 0.05) is 6.20 Å². The van der Waals surface area contributed by atoms with Crippen LogP contribution >= 0.6 is 0 Å². The molecule has 0 atom stereocenters. The Balaban J connectivity index is 1.92. The molecule has 2 rings (SSSR count). The van der Waals surface area contributed by atoms with E-state index in [4.69, 9.17) is 0 Å². The first kappa shape index (κ1) is 11.7. The highest BCUT2D eigenvalue weighted by molar-refractivity contribution is 5.68. The van der Waals surface area contributed by atoms with Crippen LogP contribution in [0.15, 0.2) is 18.3 Å². The van der Waals surface area contributed by atoms with Gasteiger partial charge in [0.25, 0.3) is 0 Å². The monoisotopic (exact) mass is 246 g/mol. The van der Waals surface area contributed by atoms with Crippen molar-refractivity contribution in [3.05, 3.63) is 29.6 Å². The Kier molecular flexibility index (Phi) is 2.91. The largest absolute Gasteiger partial charge is 0.440 e. The molecule has 0 aromatic carbocycles. The molecular formula is C10H9F3N2O2. The molecule has 0 unspecified atom stereocenters. The molecule has 4 nitrogen and oxygen atoms in total. The molecule has 2 heterocycles. The van der Waals surface area contributed by atoms with Crippen LogP contribution < -0.4 is 0 Å². The number of carbonyl (C=O) groups excluding carboxylic acids is 1. The van der Waals surface area contributed by atoms with Crippen molar-refractivity contribution in [2.24, 2.45) is 0 Å². The van der Waals surface area contributed by atoms with Crippen LogP contribution in [0.5, 0.6) is 0 Å². The molecule has 1 aliphatic heterocycles. The topological polar surface area (TPSA) is 42.4 Å². The molecule has 1 amide bonds. The van der Waals surface area contributed by atoms with Crippen molar-refractivity contribution in [3.63, 3.8) is 0 Å². The Morgan fingerprint density at radius 2 is 2.24 bits per heavy atom. The second-order valence-corrected chi connectivity index (χ2v) is 3.64. The van der Waals surface area contributed by atoms with Crippen LogP contribution in [0.2, 0.25) is 0 Å². The highest BCUT2D eigenvalue weighted by Crippen LogP contribution is 2.22. The Morgan fingerprint density at radius 1 is 1.47 bits per heavy atom. The highest BCUT2D eigenvalue weighted by atomic mass is 19.4. The fraction of sp³-hybridized carbons (Fsp3) is 0.400. The molecule has 0 saturated heterocycles. The zero-order valence-electron chi connectivity index (χ0n) is 8.70. The first-order valence-electron chi connectivity index (χ1n) is 4.87. The molecule has 92 valence electrons. The van der Waals surface area contributed by atoms with Gasteiger partial charge in [-0.05, 0) is 11.6 Å². The Hall–Kier alpha value is -1.79. The predicted octanol–water partition coefficient (Wildman–Crippen LogP) is 2.10. The van der Waals surface area contributed by atoms with Gasteiger partial charge in [0.1, 0.15) is 0 Å². The maximum absolute atomic E-state index is 11.9. The van der Waals surface area contributed by atoms with Crippen molar-refractivity contribution in [2.75, 3.05) is 6.61 Å². The van der Waals surface area contributed by atoms with Crippen molar-refractivity contribution in [1.29, 1.82) is 0 Å². The van der Waals surface area contributed by atoms with Crippen molar-refractivity contribution < 1.29 is 22.7 Å². The molecule has 0 aliphatic carbocycles. The van der Waals surface area contributed by atoms with Gasteiger partial charge in [-0.2, -0.15) is 13.2 Å². The molecule has 0 radical (unpaired) electrons. The van der Waals surface area contributed by atoms with Gasteiger partial charge >= 0.3 is 12.3 Å². The van der Waals surface area contributed by atoms with E-state index >= 15 is 0 Å². The lowest BCUT2D eigenvalue weighted by Gasteiger charge is -2.15. The molecule has 0 spiro atoms. The average molecular weight is 246 g/mol. The maximum Gasteiger partial charge on any atom is 0.422 e. The zero-order chi connectivity index (χ0) is 12.5. The Morgan fingerprint density at radius 3 is 2.88 bits per heavy atom. The second-order valence-electron chi connectivity index (χ2n) is 3.64. The molecule has 17 heavy (non-hydrogen) atoms. The van der Waals surface area contributed by atoms with Crippen LogP contribution in [0.4, 0.5) is 18.0 Å². The average Bonchev–Trinajstić information content (AvgIpc) is 2.68. The van der Waals surface area contributed by atoms with Crippen molar-refractivity contribution in [1.82, 2.24) is 9.88 Å². The standard InChI is InChI=1S/C10H9F3N2O2/c11-10(12,13)6-17-9(16)15-4-7-2-1-3-14-8(7)5-15/h1-3H,4-6H2. The van der Waals surface area contributed by atoms with Crippen LogP contribution in [-0.4, -0.2) is 28.8 Å². The summed E-state index contributed by atoms with van der Waals surface area (Å²) in [6.07, 6.45) is -3.90. The number of aromatic nitrogens is 1. The van der Waals surface area contributed by atoms with E-state index in [0.717, 1.165) is 5.56 Å². The summed E-state index contributed by atoms with van der Waals surface area (Å²) in [4.78, 5) is 16.5. The number of hydrogen-bond acceptors (Lipinski definition) is 3. The fourth-order valence-corrected chi connectivity index (χ4v) is 1.56. The van der Waals surface area contributed by atoms with Gasteiger partial charge < -0.3 is 4.74 Å². The van der Waals surface area contributed by atoms with Crippen LogP contribution in [0.1, 0.15) is 11.3 Å². The lowest BCUT2D eigenvalue weighted by Crippen LogP contribution is -2.30. The second kappa shape index (κ2) is 4.23. The number of carbonyl (C=O) groups is 1. The van der Waals surface area contributed by atoms with Crippen LogP contribution in [0.25, 0.3) is 0 Å². The first-order chi connectivity index (χ1) is 7.96. The molecule has 1 aliphatic rings. The summed E-state index contributed by atoms with van der Waals surface area (Å²) in [7, 11) is 0.